The number of hydrogen-bond donors (Lipinski definition) is 1. The molecule has 2 aromatic carbocycles. The molecule has 0 aliphatic rings. The van der Waals surface area contributed by atoms with Crippen LogP contribution in [0.2, 0.25) is 10.0 Å². The number of carbonyl (C=O) groups is 2. The summed E-state index contributed by atoms with van der Waals surface area (Å²) in [4.78, 5) is 23.8. The highest BCUT2D eigenvalue weighted by Crippen LogP contribution is 2.25. The van der Waals surface area contributed by atoms with Crippen molar-refractivity contribution >= 4 is 40.8 Å². The van der Waals surface area contributed by atoms with Crippen molar-refractivity contribution in [2.24, 2.45) is 0 Å². The molecule has 7 heteroatoms. The summed E-state index contributed by atoms with van der Waals surface area (Å²) >= 11 is 11.4. The predicted molar refractivity (Wildman–Crippen MR) is 91.2 cm³/mol. The van der Waals surface area contributed by atoms with E-state index in [4.69, 9.17) is 27.9 Å². The molecule has 24 heavy (non-hydrogen) atoms. The van der Waals surface area contributed by atoms with E-state index < -0.39 is 24.3 Å². The number of amides is 1. The Morgan fingerprint density at radius 2 is 1.88 bits per heavy atom. The van der Waals surface area contributed by atoms with E-state index >= 15 is 0 Å². The molecule has 0 aromatic heterocycles. The quantitative estimate of drug-likeness (QED) is 0.623. The zero-order valence-corrected chi connectivity index (χ0v) is 14.2. The van der Waals surface area contributed by atoms with Gasteiger partial charge in [0.05, 0.1) is 15.6 Å². The number of anilines is 1. The summed E-state index contributed by atoms with van der Waals surface area (Å²) < 4.78 is 18.3. The summed E-state index contributed by atoms with van der Waals surface area (Å²) in [5.41, 5.74) is 1.41. The van der Waals surface area contributed by atoms with Crippen LogP contribution in [0.15, 0.2) is 36.4 Å². The second-order valence-electron chi connectivity index (χ2n) is 4.88. The van der Waals surface area contributed by atoms with Gasteiger partial charge in [-0.05, 0) is 30.2 Å². The summed E-state index contributed by atoms with van der Waals surface area (Å²) in [6.45, 7) is 1.44. The fourth-order valence-corrected chi connectivity index (χ4v) is 2.49. The molecule has 0 saturated heterocycles. The van der Waals surface area contributed by atoms with Gasteiger partial charge >= 0.3 is 5.97 Å². The Morgan fingerprint density at radius 3 is 2.58 bits per heavy atom. The van der Waals surface area contributed by atoms with Gasteiger partial charge in [-0.2, -0.15) is 0 Å². The van der Waals surface area contributed by atoms with E-state index in [0.717, 1.165) is 24.1 Å². The standard InChI is InChI=1S/C17H14Cl2FNO3/c1-2-10-5-3-4-6-15(10)21-16(22)9-24-17(23)11-7-14(20)13(19)8-12(11)18/h3-8H,2,9H2,1H3,(H,21,22). The maximum absolute atomic E-state index is 13.4. The lowest BCUT2D eigenvalue weighted by molar-refractivity contribution is -0.119. The number of benzene rings is 2. The first-order valence-electron chi connectivity index (χ1n) is 7.11. The lowest BCUT2D eigenvalue weighted by Crippen LogP contribution is -2.21. The van der Waals surface area contributed by atoms with Crippen LogP contribution in [0, 0.1) is 5.82 Å². The zero-order chi connectivity index (χ0) is 17.7. The molecule has 0 aliphatic carbocycles. The fourth-order valence-electron chi connectivity index (χ4n) is 2.02. The minimum absolute atomic E-state index is 0.0527. The van der Waals surface area contributed by atoms with Gasteiger partial charge in [-0.15, -0.1) is 0 Å². The Bertz CT molecular complexity index is 780. The van der Waals surface area contributed by atoms with Crippen LogP contribution >= 0.6 is 23.2 Å². The lowest BCUT2D eigenvalue weighted by atomic mass is 10.1. The third-order valence-corrected chi connectivity index (χ3v) is 3.84. The van der Waals surface area contributed by atoms with Crippen LogP contribution in [0.1, 0.15) is 22.8 Å². The van der Waals surface area contributed by atoms with Crippen molar-refractivity contribution in [3.05, 3.63) is 63.4 Å². The molecule has 1 N–H and O–H groups in total. The first kappa shape index (κ1) is 18.2. The Hall–Kier alpha value is -2.11. The number of ether oxygens (including phenoxy) is 1. The molecular formula is C17H14Cl2FNO3. The Balaban J connectivity index is 1.99. The maximum Gasteiger partial charge on any atom is 0.340 e. The molecule has 0 atom stereocenters. The number of rotatable bonds is 5. The lowest BCUT2D eigenvalue weighted by Gasteiger charge is -2.10. The molecule has 0 radical (unpaired) electrons. The molecule has 1 amide bonds. The zero-order valence-electron chi connectivity index (χ0n) is 12.7. The van der Waals surface area contributed by atoms with Gasteiger partial charge in [0, 0.05) is 5.69 Å². The van der Waals surface area contributed by atoms with Crippen molar-refractivity contribution in [3.8, 4) is 0 Å². The topological polar surface area (TPSA) is 55.4 Å². The van der Waals surface area contributed by atoms with Gasteiger partial charge in [-0.1, -0.05) is 48.3 Å². The molecular weight excluding hydrogens is 356 g/mol. The molecule has 0 unspecified atom stereocenters. The van der Waals surface area contributed by atoms with Crippen LogP contribution in [0.4, 0.5) is 10.1 Å². The first-order valence-corrected chi connectivity index (χ1v) is 7.87. The van der Waals surface area contributed by atoms with Crippen molar-refractivity contribution in [2.45, 2.75) is 13.3 Å². The summed E-state index contributed by atoms with van der Waals surface area (Å²) in [5, 5.41) is 2.40. The molecule has 126 valence electrons. The monoisotopic (exact) mass is 369 g/mol. The average molecular weight is 370 g/mol. The van der Waals surface area contributed by atoms with E-state index in [1.54, 1.807) is 12.1 Å². The summed E-state index contributed by atoms with van der Waals surface area (Å²) in [6, 6.07) is 9.27. The van der Waals surface area contributed by atoms with E-state index in [2.05, 4.69) is 5.32 Å². The molecule has 0 fully saturated rings. The fraction of sp³-hybridized carbons (Fsp3) is 0.176. The smallest absolute Gasteiger partial charge is 0.340 e. The van der Waals surface area contributed by atoms with Crippen LogP contribution in [0.5, 0.6) is 0 Å². The van der Waals surface area contributed by atoms with Gasteiger partial charge in [0.1, 0.15) is 5.82 Å². The Labute approximate surface area is 148 Å². The Kier molecular flexibility index (Phi) is 6.17. The SMILES string of the molecule is CCc1ccccc1NC(=O)COC(=O)c1cc(F)c(Cl)cc1Cl. The number of aryl methyl sites for hydroxylation is 1. The van der Waals surface area contributed by atoms with Crippen molar-refractivity contribution in [3.63, 3.8) is 0 Å². The molecule has 0 bridgehead atoms. The van der Waals surface area contributed by atoms with E-state index in [1.807, 2.05) is 19.1 Å². The minimum atomic E-state index is -0.908. The van der Waals surface area contributed by atoms with Gasteiger partial charge in [0.25, 0.3) is 5.91 Å². The van der Waals surface area contributed by atoms with Gasteiger partial charge in [-0.3, -0.25) is 4.79 Å². The van der Waals surface area contributed by atoms with Crippen LogP contribution in [-0.4, -0.2) is 18.5 Å². The van der Waals surface area contributed by atoms with Gasteiger partial charge in [0.15, 0.2) is 6.61 Å². The number of hydrogen-bond acceptors (Lipinski definition) is 3. The van der Waals surface area contributed by atoms with Gasteiger partial charge in [-0.25, -0.2) is 9.18 Å². The van der Waals surface area contributed by atoms with Crippen molar-refractivity contribution in [1.82, 2.24) is 0 Å². The summed E-state index contributed by atoms with van der Waals surface area (Å²) in [5.74, 6) is -2.21. The van der Waals surface area contributed by atoms with E-state index in [-0.39, 0.29) is 15.6 Å². The van der Waals surface area contributed by atoms with Crippen molar-refractivity contribution in [1.29, 1.82) is 0 Å². The summed E-state index contributed by atoms with van der Waals surface area (Å²) in [6.07, 6.45) is 0.746. The highest BCUT2D eigenvalue weighted by atomic mass is 35.5. The highest BCUT2D eigenvalue weighted by molar-refractivity contribution is 6.36. The van der Waals surface area contributed by atoms with Crippen molar-refractivity contribution in [2.75, 3.05) is 11.9 Å². The number of carbonyl (C=O) groups excluding carboxylic acids is 2. The number of esters is 1. The predicted octanol–water partition coefficient (Wildman–Crippen LogP) is 4.49. The number of halogens is 3. The number of para-hydroxylation sites is 1. The Morgan fingerprint density at radius 1 is 1.17 bits per heavy atom. The number of nitrogens with one attached hydrogen (secondary N) is 1. The molecule has 0 heterocycles. The molecule has 4 nitrogen and oxygen atoms in total. The van der Waals surface area contributed by atoms with Crippen LogP contribution in [0.25, 0.3) is 0 Å². The highest BCUT2D eigenvalue weighted by Gasteiger charge is 2.17. The van der Waals surface area contributed by atoms with Crippen LogP contribution < -0.4 is 5.32 Å². The van der Waals surface area contributed by atoms with Gasteiger partial charge < -0.3 is 10.1 Å². The molecule has 0 aliphatic heterocycles. The van der Waals surface area contributed by atoms with E-state index in [1.165, 1.54) is 0 Å². The van der Waals surface area contributed by atoms with Crippen LogP contribution in [-0.2, 0) is 16.0 Å². The van der Waals surface area contributed by atoms with E-state index in [0.29, 0.717) is 5.69 Å². The van der Waals surface area contributed by atoms with E-state index in [9.17, 15) is 14.0 Å². The molecule has 0 spiro atoms. The second-order valence-corrected chi connectivity index (χ2v) is 5.70. The molecule has 2 rings (SSSR count). The normalized spacial score (nSPS) is 10.3. The summed E-state index contributed by atoms with van der Waals surface area (Å²) in [7, 11) is 0. The van der Waals surface area contributed by atoms with Crippen molar-refractivity contribution < 1.29 is 18.7 Å². The molecule has 0 saturated carbocycles. The average Bonchev–Trinajstić information content (AvgIpc) is 2.56. The third kappa shape index (κ3) is 4.46. The maximum atomic E-state index is 13.4. The second kappa shape index (κ2) is 8.13. The third-order valence-electron chi connectivity index (χ3n) is 3.24. The first-order chi connectivity index (χ1) is 11.4. The van der Waals surface area contributed by atoms with Crippen LogP contribution in [0.3, 0.4) is 0 Å². The largest absolute Gasteiger partial charge is 0.452 e. The van der Waals surface area contributed by atoms with Gasteiger partial charge in [0.2, 0.25) is 0 Å². The minimum Gasteiger partial charge on any atom is -0.452 e. The molecule has 2 aromatic rings.